The summed E-state index contributed by atoms with van der Waals surface area (Å²) in [4.78, 5) is 16.2. The number of aromatic hydroxyl groups is 1. The van der Waals surface area contributed by atoms with E-state index in [2.05, 4.69) is 4.98 Å². The van der Waals surface area contributed by atoms with Gasteiger partial charge >= 0.3 is 6.18 Å². The molecule has 0 spiro atoms. The Hall–Kier alpha value is -2.03. The van der Waals surface area contributed by atoms with Gasteiger partial charge < -0.3 is 5.11 Å². The highest BCUT2D eigenvalue weighted by molar-refractivity contribution is 7.17. The number of nitrogens with zero attached hydrogens (tertiary/aromatic N) is 1. The van der Waals surface area contributed by atoms with Crippen molar-refractivity contribution >= 4 is 17.1 Å². The maximum Gasteiger partial charge on any atom is 0.401 e. The van der Waals surface area contributed by atoms with E-state index >= 15 is 0 Å². The lowest BCUT2D eigenvalue weighted by molar-refractivity contribution is -0.200. The third kappa shape index (κ3) is 2.52. The lowest BCUT2D eigenvalue weighted by Gasteiger charge is -2.32. The van der Waals surface area contributed by atoms with Gasteiger partial charge in [0.1, 0.15) is 10.4 Å². The van der Waals surface area contributed by atoms with E-state index in [1.165, 1.54) is 6.92 Å². The third-order valence-electron chi connectivity index (χ3n) is 4.49. The van der Waals surface area contributed by atoms with Crippen molar-refractivity contribution in [3.63, 3.8) is 0 Å². The van der Waals surface area contributed by atoms with E-state index in [4.69, 9.17) is 0 Å². The predicted molar refractivity (Wildman–Crippen MR) is 80.7 cm³/mol. The van der Waals surface area contributed by atoms with Crippen LogP contribution in [-0.2, 0) is 6.42 Å². The van der Waals surface area contributed by atoms with Crippen LogP contribution in [0.3, 0.4) is 0 Å². The maximum absolute atomic E-state index is 14.1. The first-order valence-corrected chi connectivity index (χ1v) is 8.08. The zero-order valence-electron chi connectivity index (χ0n) is 13.1. The zero-order valence-corrected chi connectivity index (χ0v) is 13.9. The van der Waals surface area contributed by atoms with Gasteiger partial charge in [-0.05, 0) is 38.3 Å². The number of ketones is 1. The molecule has 0 radical (unpaired) electrons. The molecule has 0 saturated carbocycles. The molecule has 0 bridgehead atoms. The minimum absolute atomic E-state index is 0.0496. The van der Waals surface area contributed by atoms with E-state index in [9.17, 15) is 31.9 Å². The molecule has 1 aromatic heterocycles. The molecule has 1 heterocycles. The summed E-state index contributed by atoms with van der Waals surface area (Å²) in [5.74, 6) is -4.78. The van der Waals surface area contributed by atoms with Gasteiger partial charge in [0.05, 0.1) is 10.6 Å². The summed E-state index contributed by atoms with van der Waals surface area (Å²) in [6, 6.07) is 1.14. The van der Waals surface area contributed by atoms with Crippen LogP contribution in [0.25, 0.3) is 10.6 Å². The highest BCUT2D eigenvalue weighted by Gasteiger charge is 2.58. The normalized spacial score (nSPS) is 20.7. The Bertz CT molecular complexity index is 890. The molecular formula is C16H12F5NO2S. The summed E-state index contributed by atoms with van der Waals surface area (Å²) < 4.78 is 67.5. The van der Waals surface area contributed by atoms with Crippen LogP contribution in [0.15, 0.2) is 6.07 Å². The fourth-order valence-electron chi connectivity index (χ4n) is 2.72. The number of phenolic OH excluding ortho intramolecular Hbond substituents is 1. The van der Waals surface area contributed by atoms with Gasteiger partial charge in [-0.15, -0.1) is 11.3 Å². The molecule has 0 aliphatic heterocycles. The molecule has 0 fully saturated rings. The Morgan fingerprint density at radius 2 is 1.92 bits per heavy atom. The van der Waals surface area contributed by atoms with Crippen LogP contribution in [-0.4, -0.2) is 22.1 Å². The number of benzene rings is 1. The van der Waals surface area contributed by atoms with Crippen molar-refractivity contribution in [2.75, 3.05) is 0 Å². The molecule has 9 heteroatoms. The molecule has 3 nitrogen and oxygen atoms in total. The van der Waals surface area contributed by atoms with Gasteiger partial charge in [0.15, 0.2) is 17.3 Å². The summed E-state index contributed by atoms with van der Waals surface area (Å²) in [6.07, 6.45) is -5.25. The number of aromatic nitrogens is 1. The highest BCUT2D eigenvalue weighted by Crippen LogP contribution is 2.49. The minimum atomic E-state index is -4.71. The molecule has 1 atom stereocenters. The Labute approximate surface area is 143 Å². The fourth-order valence-corrected chi connectivity index (χ4v) is 3.91. The van der Waals surface area contributed by atoms with Crippen LogP contribution >= 0.6 is 11.3 Å². The minimum Gasteiger partial charge on any atom is -0.505 e. The number of thiazole rings is 1. The number of carbonyl (C=O) groups is 1. The second kappa shape index (κ2) is 5.48. The lowest BCUT2D eigenvalue weighted by atomic mass is 9.75. The van der Waals surface area contributed by atoms with Gasteiger partial charge in [-0.2, -0.15) is 17.6 Å². The number of aryl methyl sites for hydroxylation is 2. The molecular weight excluding hydrogens is 365 g/mol. The molecule has 1 aliphatic rings. The Morgan fingerprint density at radius 3 is 2.52 bits per heavy atom. The first kappa shape index (κ1) is 17.8. The molecule has 0 unspecified atom stereocenters. The topological polar surface area (TPSA) is 50.2 Å². The molecule has 0 amide bonds. The zero-order chi connectivity index (χ0) is 18.7. The number of alkyl halides is 3. The van der Waals surface area contributed by atoms with Gasteiger partial charge in [0.25, 0.3) is 0 Å². The summed E-state index contributed by atoms with van der Waals surface area (Å²) in [5.41, 5.74) is -2.61. The summed E-state index contributed by atoms with van der Waals surface area (Å²) in [6.45, 7) is 2.18. The van der Waals surface area contributed by atoms with Crippen molar-refractivity contribution < 1.29 is 31.9 Å². The fraction of sp³-hybridized carbons (Fsp3) is 0.375. The molecule has 134 valence electrons. The van der Waals surface area contributed by atoms with E-state index in [0.29, 0.717) is 11.3 Å². The van der Waals surface area contributed by atoms with Gasteiger partial charge in [-0.1, -0.05) is 0 Å². The summed E-state index contributed by atoms with van der Waals surface area (Å²) >= 11 is 0.603. The molecule has 1 aromatic carbocycles. The smallest absolute Gasteiger partial charge is 0.401 e. The second-order valence-electron chi connectivity index (χ2n) is 6.17. The van der Waals surface area contributed by atoms with Crippen molar-refractivity contribution in [3.05, 3.63) is 33.8 Å². The van der Waals surface area contributed by atoms with E-state index < -0.39 is 41.2 Å². The molecule has 0 saturated heterocycles. The van der Waals surface area contributed by atoms with Crippen LogP contribution in [0.1, 0.15) is 34.3 Å². The number of rotatable bonds is 1. The van der Waals surface area contributed by atoms with E-state index in [1.807, 2.05) is 0 Å². The van der Waals surface area contributed by atoms with Gasteiger partial charge in [-0.25, -0.2) is 9.37 Å². The number of fused-ring (bicyclic) bond motifs is 1. The van der Waals surface area contributed by atoms with Crippen molar-refractivity contribution in [1.82, 2.24) is 4.98 Å². The Morgan fingerprint density at radius 1 is 1.28 bits per heavy atom. The second-order valence-corrected chi connectivity index (χ2v) is 7.17. The Kier molecular flexibility index (Phi) is 3.90. The number of halogens is 5. The van der Waals surface area contributed by atoms with Crippen LogP contribution in [0.5, 0.6) is 5.75 Å². The van der Waals surface area contributed by atoms with Crippen molar-refractivity contribution in [1.29, 1.82) is 0 Å². The van der Waals surface area contributed by atoms with E-state index in [-0.39, 0.29) is 33.1 Å². The average Bonchev–Trinajstić information content (AvgIpc) is 2.96. The lowest BCUT2D eigenvalue weighted by Crippen LogP contribution is -2.45. The third-order valence-corrected chi connectivity index (χ3v) is 5.62. The van der Waals surface area contributed by atoms with Crippen LogP contribution in [0, 0.1) is 24.0 Å². The standard InChI is InChI=1S/C16H12F5NO2S/c1-6-5-7(9(17)10(18)11(6)23)14-22-8-3-4-15(2,16(19,20)21)13(24)12(8)25-14/h5,23H,3-4H2,1-2H3/t15-/m1/s1. The first-order chi connectivity index (χ1) is 11.5. The molecule has 2 aromatic rings. The largest absolute Gasteiger partial charge is 0.505 e. The van der Waals surface area contributed by atoms with Crippen LogP contribution in [0.2, 0.25) is 0 Å². The van der Waals surface area contributed by atoms with Crippen LogP contribution < -0.4 is 0 Å². The van der Waals surface area contributed by atoms with Crippen LogP contribution in [0.4, 0.5) is 22.0 Å². The van der Waals surface area contributed by atoms with Crippen molar-refractivity contribution in [2.45, 2.75) is 32.9 Å². The van der Waals surface area contributed by atoms with E-state index in [0.717, 1.165) is 13.0 Å². The van der Waals surface area contributed by atoms with E-state index in [1.54, 1.807) is 0 Å². The quantitative estimate of drug-likeness (QED) is 0.727. The number of Topliss-reactive ketones (excluding diaryl/α,β-unsaturated/α-hetero) is 1. The number of phenols is 1. The average molecular weight is 377 g/mol. The van der Waals surface area contributed by atoms with Gasteiger partial charge in [0.2, 0.25) is 5.82 Å². The molecule has 1 N–H and O–H groups in total. The Balaban J connectivity index is 2.12. The number of carbonyl (C=O) groups excluding carboxylic acids is 1. The van der Waals surface area contributed by atoms with Crippen molar-refractivity contribution in [2.24, 2.45) is 5.41 Å². The summed E-state index contributed by atoms with van der Waals surface area (Å²) in [5, 5.41) is 9.32. The number of hydrogen-bond donors (Lipinski definition) is 1. The first-order valence-electron chi connectivity index (χ1n) is 7.26. The van der Waals surface area contributed by atoms with Gasteiger partial charge in [0, 0.05) is 5.56 Å². The summed E-state index contributed by atoms with van der Waals surface area (Å²) in [7, 11) is 0. The molecule has 1 aliphatic carbocycles. The highest BCUT2D eigenvalue weighted by atomic mass is 32.1. The predicted octanol–water partition coefficient (Wildman–Crippen LogP) is 4.80. The SMILES string of the molecule is Cc1cc(-c2nc3c(s2)C(=O)[C@](C)(C(F)(F)F)CC3)c(F)c(F)c1O. The molecule has 25 heavy (non-hydrogen) atoms. The molecule has 3 rings (SSSR count). The maximum atomic E-state index is 14.1. The van der Waals surface area contributed by atoms with Crippen molar-refractivity contribution in [3.8, 4) is 16.3 Å². The van der Waals surface area contributed by atoms with Gasteiger partial charge in [-0.3, -0.25) is 4.79 Å². The monoisotopic (exact) mass is 377 g/mol. The number of hydrogen-bond acceptors (Lipinski definition) is 4.